The molecule has 0 saturated heterocycles. The fourth-order valence-electron chi connectivity index (χ4n) is 1.15. The topological polar surface area (TPSA) is 40.3 Å². The molecule has 0 unspecified atom stereocenters. The molecule has 0 spiro atoms. The molecule has 1 aromatic carbocycles. The first-order chi connectivity index (χ1) is 9.02. The van der Waals surface area contributed by atoms with Gasteiger partial charge in [0.15, 0.2) is 0 Å². The lowest BCUT2D eigenvalue weighted by atomic mass is 10.1. The first-order valence-corrected chi connectivity index (χ1v) is 7.67. The molecular formula is C13H17BrN4S. The van der Waals surface area contributed by atoms with Crippen LogP contribution in [-0.2, 0) is 0 Å². The number of aliphatic imine (C=N–C) groups is 1. The van der Waals surface area contributed by atoms with Crippen molar-refractivity contribution in [2.45, 2.75) is 6.92 Å². The second kappa shape index (κ2) is 8.12. The summed E-state index contributed by atoms with van der Waals surface area (Å²) < 4.78 is 1.05. The Hall–Kier alpha value is -1.14. The fourth-order valence-corrected chi connectivity index (χ4v) is 1.69. The molecule has 0 bridgehead atoms. The summed E-state index contributed by atoms with van der Waals surface area (Å²) in [7, 11) is 3.83. The third-order valence-electron chi connectivity index (χ3n) is 2.13. The predicted octanol–water partition coefficient (Wildman–Crippen LogP) is 3.48. The van der Waals surface area contributed by atoms with Gasteiger partial charge in [0.1, 0.15) is 0 Å². The van der Waals surface area contributed by atoms with Gasteiger partial charge in [-0.15, -0.1) is 5.10 Å². The van der Waals surface area contributed by atoms with Crippen LogP contribution in [0.3, 0.4) is 0 Å². The lowest BCUT2D eigenvalue weighted by Gasteiger charge is -2.02. The van der Waals surface area contributed by atoms with E-state index in [1.165, 1.54) is 11.8 Å². The standard InChI is InChI=1S/C13H17BrN4S/c1-10(11-5-7-12(14)8-6-11)16-17-13(19-4)15-9-18(2)3/h5-9H,1-4H3/b15-9?,16-10-,17-13-. The van der Waals surface area contributed by atoms with Crippen LogP contribution in [0.4, 0.5) is 0 Å². The number of benzene rings is 1. The van der Waals surface area contributed by atoms with Gasteiger partial charge in [-0.1, -0.05) is 39.8 Å². The zero-order chi connectivity index (χ0) is 14.3. The summed E-state index contributed by atoms with van der Waals surface area (Å²) in [5.41, 5.74) is 1.91. The van der Waals surface area contributed by atoms with Gasteiger partial charge in [0.2, 0.25) is 5.17 Å². The van der Waals surface area contributed by atoms with Gasteiger partial charge in [0, 0.05) is 18.6 Å². The molecule has 0 aliphatic carbocycles. The molecule has 0 fully saturated rings. The van der Waals surface area contributed by atoms with Crippen LogP contribution < -0.4 is 0 Å². The first kappa shape index (κ1) is 15.9. The van der Waals surface area contributed by atoms with Gasteiger partial charge >= 0.3 is 0 Å². The van der Waals surface area contributed by atoms with Crippen LogP contribution in [-0.4, -0.2) is 42.5 Å². The van der Waals surface area contributed by atoms with E-state index >= 15 is 0 Å². The molecule has 0 radical (unpaired) electrons. The molecule has 4 nitrogen and oxygen atoms in total. The molecule has 0 N–H and O–H groups in total. The Morgan fingerprint density at radius 1 is 1.21 bits per heavy atom. The molecule has 1 rings (SSSR count). The van der Waals surface area contributed by atoms with Crippen molar-refractivity contribution in [1.29, 1.82) is 0 Å². The molecule has 0 saturated carbocycles. The third-order valence-corrected chi connectivity index (χ3v) is 3.21. The maximum Gasteiger partial charge on any atom is 0.210 e. The molecule has 6 heteroatoms. The van der Waals surface area contributed by atoms with Crippen molar-refractivity contribution < 1.29 is 0 Å². The Morgan fingerprint density at radius 3 is 2.37 bits per heavy atom. The largest absolute Gasteiger partial charge is 0.369 e. The van der Waals surface area contributed by atoms with Gasteiger partial charge in [-0.2, -0.15) is 5.10 Å². The van der Waals surface area contributed by atoms with Crippen molar-refractivity contribution >= 4 is 44.9 Å². The second-order valence-corrected chi connectivity index (χ2v) is 5.68. The molecule has 0 aliphatic rings. The van der Waals surface area contributed by atoms with Crippen LogP contribution in [0.25, 0.3) is 0 Å². The van der Waals surface area contributed by atoms with Gasteiger partial charge < -0.3 is 4.90 Å². The van der Waals surface area contributed by atoms with Crippen molar-refractivity contribution in [2.75, 3.05) is 20.4 Å². The van der Waals surface area contributed by atoms with Gasteiger partial charge in [-0.05, 0) is 30.9 Å². The average molecular weight is 341 g/mol. The van der Waals surface area contributed by atoms with E-state index < -0.39 is 0 Å². The Balaban J connectivity index is 2.85. The smallest absolute Gasteiger partial charge is 0.210 e. The average Bonchev–Trinajstić information content (AvgIpc) is 2.39. The second-order valence-electron chi connectivity index (χ2n) is 3.99. The predicted molar refractivity (Wildman–Crippen MR) is 89.5 cm³/mol. The minimum Gasteiger partial charge on any atom is -0.369 e. The molecule has 19 heavy (non-hydrogen) atoms. The molecule has 0 aromatic heterocycles. The third kappa shape index (κ3) is 6.02. The summed E-state index contributed by atoms with van der Waals surface area (Å²) in [4.78, 5) is 6.08. The van der Waals surface area contributed by atoms with E-state index in [0.29, 0.717) is 5.17 Å². The number of hydrogen-bond donors (Lipinski definition) is 0. The molecule has 1 aromatic rings. The molecule has 0 heterocycles. The number of amidine groups is 1. The zero-order valence-electron chi connectivity index (χ0n) is 11.5. The number of halogens is 1. The van der Waals surface area contributed by atoms with Crippen LogP contribution in [0.1, 0.15) is 12.5 Å². The van der Waals surface area contributed by atoms with E-state index in [1.807, 2.05) is 56.4 Å². The molecule has 102 valence electrons. The summed E-state index contributed by atoms with van der Waals surface area (Å²) in [6.07, 6.45) is 3.64. The summed E-state index contributed by atoms with van der Waals surface area (Å²) in [6.45, 7) is 1.93. The Kier molecular flexibility index (Phi) is 6.80. The molecule has 0 aliphatic heterocycles. The van der Waals surface area contributed by atoms with Crippen molar-refractivity contribution in [2.24, 2.45) is 15.2 Å². The van der Waals surface area contributed by atoms with Crippen LogP contribution >= 0.6 is 27.7 Å². The highest BCUT2D eigenvalue weighted by Crippen LogP contribution is 2.11. The van der Waals surface area contributed by atoms with E-state index in [2.05, 4.69) is 31.1 Å². The van der Waals surface area contributed by atoms with E-state index in [0.717, 1.165) is 15.7 Å². The summed E-state index contributed by atoms with van der Waals surface area (Å²) in [5, 5.41) is 8.98. The zero-order valence-corrected chi connectivity index (χ0v) is 13.9. The van der Waals surface area contributed by atoms with Gasteiger partial charge in [0.05, 0.1) is 12.1 Å². The monoisotopic (exact) mass is 340 g/mol. The Morgan fingerprint density at radius 2 is 1.84 bits per heavy atom. The fraction of sp³-hybridized carbons (Fsp3) is 0.308. The SMILES string of the molecule is CS/C(N=CN(C)C)=N\N=C(\C)c1ccc(Br)cc1. The lowest BCUT2D eigenvalue weighted by molar-refractivity contribution is 0.644. The van der Waals surface area contributed by atoms with Gasteiger partial charge in [0.25, 0.3) is 0 Å². The van der Waals surface area contributed by atoms with Crippen LogP contribution in [0.2, 0.25) is 0 Å². The summed E-state index contributed by atoms with van der Waals surface area (Å²) in [5.74, 6) is 0. The maximum atomic E-state index is 4.22. The van der Waals surface area contributed by atoms with Crippen molar-refractivity contribution in [3.05, 3.63) is 34.3 Å². The first-order valence-electron chi connectivity index (χ1n) is 5.65. The highest BCUT2D eigenvalue weighted by molar-refractivity contribution is 9.10. The number of nitrogens with zero attached hydrogens (tertiary/aromatic N) is 4. The number of thioether (sulfide) groups is 1. The van der Waals surface area contributed by atoms with Crippen LogP contribution in [0, 0.1) is 0 Å². The minimum atomic E-state index is 0.630. The molecular weight excluding hydrogens is 324 g/mol. The minimum absolute atomic E-state index is 0.630. The molecule has 0 atom stereocenters. The normalized spacial score (nSPS) is 13.1. The van der Waals surface area contributed by atoms with Gasteiger partial charge in [-0.3, -0.25) is 0 Å². The van der Waals surface area contributed by atoms with Crippen LogP contribution in [0.15, 0.2) is 43.9 Å². The van der Waals surface area contributed by atoms with E-state index in [1.54, 1.807) is 6.34 Å². The van der Waals surface area contributed by atoms with Crippen LogP contribution in [0.5, 0.6) is 0 Å². The van der Waals surface area contributed by atoms with Crippen molar-refractivity contribution in [3.8, 4) is 0 Å². The van der Waals surface area contributed by atoms with Gasteiger partial charge in [-0.25, -0.2) is 4.99 Å². The van der Waals surface area contributed by atoms with E-state index in [-0.39, 0.29) is 0 Å². The van der Waals surface area contributed by atoms with E-state index in [9.17, 15) is 0 Å². The highest BCUT2D eigenvalue weighted by Gasteiger charge is 1.97. The molecule has 0 amide bonds. The maximum absolute atomic E-state index is 4.22. The number of rotatable bonds is 3. The quantitative estimate of drug-likeness (QED) is 0.480. The highest BCUT2D eigenvalue weighted by atomic mass is 79.9. The van der Waals surface area contributed by atoms with E-state index in [4.69, 9.17) is 0 Å². The Bertz CT molecular complexity index is 492. The lowest BCUT2D eigenvalue weighted by Crippen LogP contribution is -2.08. The Labute approximate surface area is 126 Å². The summed E-state index contributed by atoms with van der Waals surface area (Å²) in [6, 6.07) is 7.97. The summed E-state index contributed by atoms with van der Waals surface area (Å²) >= 11 is 4.87. The van der Waals surface area contributed by atoms with Crippen molar-refractivity contribution in [3.63, 3.8) is 0 Å². The number of hydrogen-bond acceptors (Lipinski definition) is 3. The van der Waals surface area contributed by atoms with Crippen molar-refractivity contribution in [1.82, 2.24) is 4.90 Å².